The Labute approximate surface area is 89.8 Å². The number of carbonyl (C=O) groups is 1. The molecule has 1 unspecified atom stereocenters. The van der Waals surface area contributed by atoms with E-state index in [2.05, 4.69) is 25.9 Å². The number of ether oxygens (including phenoxy) is 1. The lowest BCUT2D eigenvalue weighted by atomic mass is 10.1. The summed E-state index contributed by atoms with van der Waals surface area (Å²) in [5, 5.41) is 0. The molecule has 5 heteroatoms. The van der Waals surface area contributed by atoms with Gasteiger partial charge >= 0.3 is 0 Å². The lowest BCUT2D eigenvalue weighted by Gasteiger charge is -2.20. The zero-order valence-electron chi connectivity index (χ0n) is 7.44. The Morgan fingerprint density at radius 3 is 3.14 bits per heavy atom. The second kappa shape index (κ2) is 4.14. The highest BCUT2D eigenvalue weighted by atomic mass is 79.9. The van der Waals surface area contributed by atoms with E-state index in [4.69, 9.17) is 4.74 Å². The normalized spacial score (nSPS) is 22.4. The summed E-state index contributed by atoms with van der Waals surface area (Å²) in [7, 11) is 0. The fourth-order valence-corrected chi connectivity index (χ4v) is 1.65. The second-order valence-electron chi connectivity index (χ2n) is 3.09. The highest BCUT2D eigenvalue weighted by Crippen LogP contribution is 2.23. The first-order chi connectivity index (χ1) is 6.75. The molecular formula is C9H9BrN2O2. The molecule has 1 atom stereocenters. The quantitative estimate of drug-likeness (QED) is 0.718. The van der Waals surface area contributed by atoms with Gasteiger partial charge in [0.05, 0.1) is 6.61 Å². The Bertz CT molecular complexity index is 356. The maximum absolute atomic E-state index is 11.2. The van der Waals surface area contributed by atoms with Gasteiger partial charge in [0, 0.05) is 19.0 Å². The molecule has 14 heavy (non-hydrogen) atoms. The summed E-state index contributed by atoms with van der Waals surface area (Å²) in [5.41, 5.74) is 0. The van der Waals surface area contributed by atoms with E-state index in [0.29, 0.717) is 29.9 Å². The van der Waals surface area contributed by atoms with Crippen LogP contribution in [0.1, 0.15) is 24.8 Å². The Balaban J connectivity index is 2.17. The molecule has 74 valence electrons. The van der Waals surface area contributed by atoms with E-state index in [1.165, 1.54) is 0 Å². The van der Waals surface area contributed by atoms with Crippen LogP contribution in [0, 0.1) is 0 Å². The predicted molar refractivity (Wildman–Crippen MR) is 52.7 cm³/mol. The van der Waals surface area contributed by atoms with Crippen LogP contribution in [0.3, 0.4) is 0 Å². The van der Waals surface area contributed by atoms with Gasteiger partial charge in [-0.1, -0.05) is 0 Å². The van der Waals surface area contributed by atoms with Gasteiger partial charge in [0.2, 0.25) is 0 Å². The average Bonchev–Trinajstić information content (AvgIpc) is 2.18. The first-order valence-electron chi connectivity index (χ1n) is 4.37. The van der Waals surface area contributed by atoms with E-state index in [1.54, 1.807) is 12.3 Å². The van der Waals surface area contributed by atoms with Crippen LogP contribution in [-0.4, -0.2) is 22.4 Å². The number of rotatable bonds is 1. The van der Waals surface area contributed by atoms with Gasteiger partial charge in [0.15, 0.2) is 5.82 Å². The van der Waals surface area contributed by atoms with Gasteiger partial charge in [-0.15, -0.1) is 0 Å². The third kappa shape index (κ3) is 2.16. The molecule has 0 spiro atoms. The molecule has 0 radical (unpaired) electrons. The lowest BCUT2D eigenvalue weighted by molar-refractivity contribution is -0.129. The van der Waals surface area contributed by atoms with Crippen molar-refractivity contribution in [1.82, 2.24) is 9.97 Å². The van der Waals surface area contributed by atoms with Crippen LogP contribution < -0.4 is 0 Å². The summed E-state index contributed by atoms with van der Waals surface area (Å²) >= 11 is 3.25. The molecule has 1 aromatic rings. The van der Waals surface area contributed by atoms with Gasteiger partial charge in [-0.2, -0.15) is 0 Å². The van der Waals surface area contributed by atoms with E-state index >= 15 is 0 Å². The standard InChI is InChI=1S/C9H9BrN2O2/c10-8-1-3-11-9(12-8)7-5-6(13)2-4-14-7/h1,3,7H,2,4-5H2. The topological polar surface area (TPSA) is 52.1 Å². The summed E-state index contributed by atoms with van der Waals surface area (Å²) in [6.45, 7) is 0.472. The van der Waals surface area contributed by atoms with E-state index in [-0.39, 0.29) is 11.9 Å². The molecule has 1 aromatic heterocycles. The van der Waals surface area contributed by atoms with Crippen LogP contribution in [0.2, 0.25) is 0 Å². The molecule has 2 heterocycles. The number of nitrogens with zero attached hydrogens (tertiary/aromatic N) is 2. The van der Waals surface area contributed by atoms with Crippen LogP contribution in [-0.2, 0) is 9.53 Å². The smallest absolute Gasteiger partial charge is 0.158 e. The molecule has 4 nitrogen and oxygen atoms in total. The minimum absolute atomic E-state index is 0.213. The van der Waals surface area contributed by atoms with Gasteiger partial charge in [-0.3, -0.25) is 4.79 Å². The molecule has 1 fully saturated rings. The van der Waals surface area contributed by atoms with E-state index in [0.717, 1.165) is 0 Å². The Hall–Kier alpha value is -0.810. The number of hydrogen-bond acceptors (Lipinski definition) is 4. The Kier molecular flexibility index (Phi) is 2.88. The average molecular weight is 257 g/mol. The molecule has 1 saturated heterocycles. The van der Waals surface area contributed by atoms with Gasteiger partial charge in [-0.05, 0) is 22.0 Å². The monoisotopic (exact) mass is 256 g/mol. The van der Waals surface area contributed by atoms with Crippen molar-refractivity contribution in [3.05, 3.63) is 22.7 Å². The summed E-state index contributed by atoms with van der Waals surface area (Å²) in [4.78, 5) is 19.4. The number of hydrogen-bond donors (Lipinski definition) is 0. The summed E-state index contributed by atoms with van der Waals surface area (Å²) in [6, 6.07) is 1.74. The Morgan fingerprint density at radius 2 is 2.43 bits per heavy atom. The number of aromatic nitrogens is 2. The van der Waals surface area contributed by atoms with Gasteiger partial charge in [-0.25, -0.2) is 9.97 Å². The molecule has 1 aliphatic heterocycles. The molecule has 0 aromatic carbocycles. The van der Waals surface area contributed by atoms with Crippen LogP contribution in [0.15, 0.2) is 16.9 Å². The van der Waals surface area contributed by atoms with Crippen molar-refractivity contribution in [3.8, 4) is 0 Å². The molecule has 0 aliphatic carbocycles. The molecule has 1 aliphatic rings. The second-order valence-corrected chi connectivity index (χ2v) is 3.90. The van der Waals surface area contributed by atoms with E-state index < -0.39 is 0 Å². The minimum atomic E-state index is -0.270. The van der Waals surface area contributed by atoms with Crippen molar-refractivity contribution in [1.29, 1.82) is 0 Å². The first-order valence-corrected chi connectivity index (χ1v) is 5.17. The highest BCUT2D eigenvalue weighted by molar-refractivity contribution is 9.10. The lowest BCUT2D eigenvalue weighted by Crippen LogP contribution is -2.21. The first kappa shape index (κ1) is 9.73. The van der Waals surface area contributed by atoms with Crippen LogP contribution in [0.25, 0.3) is 0 Å². The van der Waals surface area contributed by atoms with Crippen molar-refractivity contribution in [2.45, 2.75) is 18.9 Å². The largest absolute Gasteiger partial charge is 0.369 e. The van der Waals surface area contributed by atoms with E-state index in [9.17, 15) is 4.79 Å². The number of halogens is 1. The molecular weight excluding hydrogens is 248 g/mol. The fraction of sp³-hybridized carbons (Fsp3) is 0.444. The van der Waals surface area contributed by atoms with E-state index in [1.807, 2.05) is 0 Å². The summed E-state index contributed by atoms with van der Waals surface area (Å²) in [6.07, 6.45) is 2.27. The third-order valence-electron chi connectivity index (χ3n) is 2.04. The minimum Gasteiger partial charge on any atom is -0.369 e. The zero-order valence-corrected chi connectivity index (χ0v) is 9.03. The maximum atomic E-state index is 11.2. The molecule has 0 bridgehead atoms. The van der Waals surface area contributed by atoms with Crippen molar-refractivity contribution in [2.75, 3.05) is 6.61 Å². The summed E-state index contributed by atoms with van der Waals surface area (Å²) < 4.78 is 6.13. The van der Waals surface area contributed by atoms with Crippen LogP contribution in [0.5, 0.6) is 0 Å². The van der Waals surface area contributed by atoms with Gasteiger partial charge in [0.25, 0.3) is 0 Å². The number of carbonyl (C=O) groups excluding carboxylic acids is 1. The van der Waals surface area contributed by atoms with Crippen molar-refractivity contribution < 1.29 is 9.53 Å². The number of Topliss-reactive ketones (excluding diaryl/α,β-unsaturated/α-hetero) is 1. The SMILES string of the molecule is O=C1CCOC(c2nccc(Br)n2)C1. The van der Waals surface area contributed by atoms with Gasteiger partial charge in [0.1, 0.15) is 16.5 Å². The highest BCUT2D eigenvalue weighted by Gasteiger charge is 2.23. The number of ketones is 1. The summed E-state index contributed by atoms with van der Waals surface area (Å²) in [5.74, 6) is 0.789. The Morgan fingerprint density at radius 1 is 1.57 bits per heavy atom. The molecule has 2 rings (SSSR count). The van der Waals surface area contributed by atoms with Crippen LogP contribution >= 0.6 is 15.9 Å². The molecule has 0 saturated carbocycles. The van der Waals surface area contributed by atoms with Crippen molar-refractivity contribution >= 4 is 21.7 Å². The third-order valence-corrected chi connectivity index (χ3v) is 2.48. The fourth-order valence-electron chi connectivity index (χ4n) is 1.35. The maximum Gasteiger partial charge on any atom is 0.158 e. The van der Waals surface area contributed by atoms with Crippen molar-refractivity contribution in [2.24, 2.45) is 0 Å². The van der Waals surface area contributed by atoms with Crippen molar-refractivity contribution in [3.63, 3.8) is 0 Å². The van der Waals surface area contributed by atoms with Crippen LogP contribution in [0.4, 0.5) is 0 Å². The molecule has 0 amide bonds. The predicted octanol–water partition coefficient (Wildman–Crippen LogP) is 1.66. The molecule has 0 N–H and O–H groups in total. The van der Waals surface area contributed by atoms with Gasteiger partial charge < -0.3 is 4.74 Å². The zero-order chi connectivity index (χ0) is 9.97.